The Bertz CT molecular complexity index is 1030. The topological polar surface area (TPSA) is 85.6 Å². The first-order valence-electron chi connectivity index (χ1n) is 8.03. The second-order valence-corrected chi connectivity index (χ2v) is 7.58. The van der Waals surface area contributed by atoms with E-state index in [0.717, 1.165) is 29.0 Å². The maximum Gasteiger partial charge on any atom is 0.244 e. The molecule has 9 heteroatoms. The summed E-state index contributed by atoms with van der Waals surface area (Å²) in [5.41, 5.74) is 2.60. The van der Waals surface area contributed by atoms with Crippen molar-refractivity contribution in [2.75, 3.05) is 13.7 Å². The smallest absolute Gasteiger partial charge is 0.244 e. The fourth-order valence-electron chi connectivity index (χ4n) is 2.60. The van der Waals surface area contributed by atoms with E-state index in [0.29, 0.717) is 12.8 Å². The number of aromatic nitrogens is 3. The predicted molar refractivity (Wildman–Crippen MR) is 94.2 cm³/mol. The van der Waals surface area contributed by atoms with Gasteiger partial charge in [-0.2, -0.15) is 5.10 Å². The molecule has 0 saturated heterocycles. The molecule has 26 heavy (non-hydrogen) atoms. The molecule has 0 spiro atoms. The lowest BCUT2D eigenvalue weighted by Gasteiger charge is -2.10. The number of nitrogens with zero attached hydrogens (tertiary/aromatic N) is 3. The fourth-order valence-corrected chi connectivity index (χ4v) is 3.85. The molecule has 2 heterocycles. The van der Waals surface area contributed by atoms with Crippen LogP contribution < -0.4 is 9.46 Å². The highest BCUT2D eigenvalue weighted by Crippen LogP contribution is 2.24. The molecule has 0 atom stereocenters. The summed E-state index contributed by atoms with van der Waals surface area (Å²) in [5, 5.41) is 4.30. The normalized spacial score (nSPS) is 11.8. The number of methoxy groups -OCH3 is 1. The Morgan fingerprint density at radius 1 is 1.31 bits per heavy atom. The van der Waals surface area contributed by atoms with Gasteiger partial charge in [0.05, 0.1) is 12.8 Å². The van der Waals surface area contributed by atoms with E-state index in [1.54, 1.807) is 10.7 Å². The molecular weight excluding hydrogens is 359 g/mol. The second-order valence-electron chi connectivity index (χ2n) is 5.85. The summed E-state index contributed by atoms with van der Waals surface area (Å²) in [5.74, 6) is -0.539. The lowest BCUT2D eigenvalue weighted by atomic mass is 10.2. The summed E-state index contributed by atoms with van der Waals surface area (Å²) in [6, 6.07) is 5.26. The van der Waals surface area contributed by atoms with Crippen LogP contribution >= 0.6 is 0 Å². The van der Waals surface area contributed by atoms with Gasteiger partial charge < -0.3 is 4.74 Å². The zero-order chi connectivity index (χ0) is 18.7. The summed E-state index contributed by atoms with van der Waals surface area (Å²) in [4.78, 5) is 4.10. The number of nitrogens with one attached hydrogen (secondary N) is 1. The average molecular weight is 378 g/mol. The first-order chi connectivity index (χ1) is 12.4. The molecule has 0 unspecified atom stereocenters. The van der Waals surface area contributed by atoms with Crippen molar-refractivity contribution in [1.82, 2.24) is 19.3 Å². The van der Waals surface area contributed by atoms with Crippen molar-refractivity contribution in [2.45, 2.75) is 24.7 Å². The van der Waals surface area contributed by atoms with Gasteiger partial charge in [0, 0.05) is 25.0 Å². The predicted octanol–water partition coefficient (Wildman–Crippen LogP) is 2.10. The maximum absolute atomic E-state index is 13.4. The van der Waals surface area contributed by atoms with Crippen LogP contribution in [-0.2, 0) is 16.4 Å². The van der Waals surface area contributed by atoms with Crippen molar-refractivity contribution in [3.8, 4) is 5.75 Å². The van der Waals surface area contributed by atoms with Crippen LogP contribution in [0.5, 0.6) is 5.75 Å². The van der Waals surface area contributed by atoms with E-state index in [9.17, 15) is 12.8 Å². The minimum atomic E-state index is -3.86. The highest BCUT2D eigenvalue weighted by Gasteiger charge is 2.19. The molecule has 0 aliphatic heterocycles. The van der Waals surface area contributed by atoms with Gasteiger partial charge in [-0.15, -0.1) is 0 Å². The van der Waals surface area contributed by atoms with Crippen LogP contribution in [0.3, 0.4) is 0 Å². The number of sulfonamides is 1. The number of aryl methyl sites for hydroxylation is 2. The SMILES string of the molecule is COc1ccc(F)cc1S(=O)(=O)NCCCc1cnc2cc(C)nn2c1. The van der Waals surface area contributed by atoms with Crippen molar-refractivity contribution in [3.05, 3.63) is 53.7 Å². The van der Waals surface area contributed by atoms with Crippen LogP contribution in [0.25, 0.3) is 5.65 Å². The maximum atomic E-state index is 13.4. The van der Waals surface area contributed by atoms with E-state index in [1.165, 1.54) is 13.2 Å². The van der Waals surface area contributed by atoms with Crippen molar-refractivity contribution in [3.63, 3.8) is 0 Å². The van der Waals surface area contributed by atoms with Gasteiger partial charge in [0.2, 0.25) is 10.0 Å². The van der Waals surface area contributed by atoms with E-state index in [2.05, 4.69) is 14.8 Å². The van der Waals surface area contributed by atoms with E-state index in [1.807, 2.05) is 19.2 Å². The number of benzene rings is 1. The third-order valence-corrected chi connectivity index (χ3v) is 5.32. The fraction of sp³-hybridized carbons (Fsp3) is 0.294. The molecule has 0 aliphatic carbocycles. The minimum absolute atomic E-state index is 0.0996. The Morgan fingerprint density at radius 2 is 2.12 bits per heavy atom. The molecule has 0 radical (unpaired) electrons. The Morgan fingerprint density at radius 3 is 2.88 bits per heavy atom. The van der Waals surface area contributed by atoms with Gasteiger partial charge >= 0.3 is 0 Å². The van der Waals surface area contributed by atoms with Crippen LogP contribution in [-0.4, -0.2) is 36.7 Å². The van der Waals surface area contributed by atoms with Crippen molar-refractivity contribution < 1.29 is 17.5 Å². The van der Waals surface area contributed by atoms with E-state index >= 15 is 0 Å². The second kappa shape index (κ2) is 7.38. The van der Waals surface area contributed by atoms with Gasteiger partial charge in [0.25, 0.3) is 0 Å². The van der Waals surface area contributed by atoms with E-state index in [-0.39, 0.29) is 17.2 Å². The summed E-state index contributed by atoms with van der Waals surface area (Å²) >= 11 is 0. The highest BCUT2D eigenvalue weighted by atomic mass is 32.2. The number of rotatable bonds is 7. The number of hydrogen-bond donors (Lipinski definition) is 1. The summed E-state index contributed by atoms with van der Waals surface area (Å²) in [7, 11) is -2.52. The molecule has 0 fully saturated rings. The first-order valence-corrected chi connectivity index (χ1v) is 9.51. The van der Waals surface area contributed by atoms with Gasteiger partial charge in [0.1, 0.15) is 16.5 Å². The molecule has 1 aromatic carbocycles. The van der Waals surface area contributed by atoms with E-state index < -0.39 is 15.8 Å². The molecule has 3 aromatic rings. The minimum Gasteiger partial charge on any atom is -0.495 e. The molecule has 0 amide bonds. The van der Waals surface area contributed by atoms with Gasteiger partial charge in [-0.25, -0.2) is 27.0 Å². The first kappa shape index (κ1) is 18.3. The Balaban J connectivity index is 1.62. The summed E-state index contributed by atoms with van der Waals surface area (Å²) in [6.45, 7) is 2.10. The lowest BCUT2D eigenvalue weighted by Crippen LogP contribution is -2.25. The number of ether oxygens (including phenoxy) is 1. The standard InChI is InChI=1S/C17H19FN4O3S/c1-12-8-17-19-10-13(11-22(17)21-12)4-3-7-20-26(23,24)16-9-14(18)5-6-15(16)25-2/h5-6,8-11,20H,3-4,7H2,1-2H3. The Hall–Kier alpha value is -2.52. The third-order valence-electron chi connectivity index (χ3n) is 3.84. The van der Waals surface area contributed by atoms with Crippen molar-refractivity contribution in [2.24, 2.45) is 0 Å². The average Bonchev–Trinajstić information content (AvgIpc) is 2.98. The molecule has 0 aliphatic rings. The third kappa shape index (κ3) is 4.00. The van der Waals surface area contributed by atoms with Crippen molar-refractivity contribution >= 4 is 15.7 Å². The highest BCUT2D eigenvalue weighted by molar-refractivity contribution is 7.89. The van der Waals surface area contributed by atoms with E-state index in [4.69, 9.17) is 4.74 Å². The Labute approximate surface area is 150 Å². The van der Waals surface area contributed by atoms with Crippen LogP contribution in [0, 0.1) is 12.7 Å². The molecule has 138 valence electrons. The largest absolute Gasteiger partial charge is 0.495 e. The quantitative estimate of drug-likeness (QED) is 0.637. The van der Waals surface area contributed by atoms with Gasteiger partial charge in [0.15, 0.2) is 5.65 Å². The summed E-state index contributed by atoms with van der Waals surface area (Å²) < 4.78 is 47.3. The number of fused-ring (bicyclic) bond motifs is 1. The van der Waals surface area contributed by atoms with Gasteiger partial charge in [-0.05, 0) is 43.5 Å². The number of halogens is 1. The molecular formula is C17H19FN4O3S. The molecule has 2 aromatic heterocycles. The van der Waals surface area contributed by atoms with Crippen LogP contribution in [0.2, 0.25) is 0 Å². The molecule has 1 N–H and O–H groups in total. The summed E-state index contributed by atoms with van der Waals surface area (Å²) in [6.07, 6.45) is 4.81. The lowest BCUT2D eigenvalue weighted by molar-refractivity contribution is 0.400. The van der Waals surface area contributed by atoms with Crippen LogP contribution in [0.1, 0.15) is 17.7 Å². The van der Waals surface area contributed by atoms with Crippen LogP contribution in [0.4, 0.5) is 4.39 Å². The monoisotopic (exact) mass is 378 g/mol. The molecule has 0 saturated carbocycles. The molecule has 0 bridgehead atoms. The number of hydrogen-bond acceptors (Lipinski definition) is 5. The van der Waals surface area contributed by atoms with Crippen LogP contribution in [0.15, 0.2) is 41.6 Å². The van der Waals surface area contributed by atoms with Gasteiger partial charge in [-0.3, -0.25) is 0 Å². The molecule has 7 nitrogen and oxygen atoms in total. The van der Waals surface area contributed by atoms with Crippen molar-refractivity contribution in [1.29, 1.82) is 0 Å². The zero-order valence-corrected chi connectivity index (χ0v) is 15.3. The zero-order valence-electron chi connectivity index (χ0n) is 14.4. The van der Waals surface area contributed by atoms with Gasteiger partial charge in [-0.1, -0.05) is 0 Å². The molecule has 3 rings (SSSR count). The Kier molecular flexibility index (Phi) is 5.19.